The topological polar surface area (TPSA) is 69.7 Å². The number of benzene rings is 1. The number of piperidine rings is 1. The summed E-state index contributed by atoms with van der Waals surface area (Å²) < 4.78 is 27.8. The number of nitrogens with one attached hydrogen (secondary N) is 1. The minimum absolute atomic E-state index is 0.173. The van der Waals surface area contributed by atoms with E-state index in [1.54, 1.807) is 28.6 Å². The molecule has 1 aromatic rings. The summed E-state index contributed by atoms with van der Waals surface area (Å²) in [6, 6.07) is 7.77. The molecule has 1 amide bonds. The van der Waals surface area contributed by atoms with Crippen LogP contribution < -0.4 is 5.32 Å². The van der Waals surface area contributed by atoms with E-state index in [9.17, 15) is 13.2 Å². The maximum Gasteiger partial charge on any atom is 0.243 e. The predicted molar refractivity (Wildman–Crippen MR) is 103 cm³/mol. The monoisotopic (exact) mass is 379 g/mol. The Hall–Kier alpha value is -1.44. The highest BCUT2D eigenvalue weighted by atomic mass is 32.2. The van der Waals surface area contributed by atoms with Crippen LogP contribution in [0.25, 0.3) is 0 Å². The van der Waals surface area contributed by atoms with Gasteiger partial charge in [0, 0.05) is 43.8 Å². The van der Waals surface area contributed by atoms with Gasteiger partial charge in [0.1, 0.15) is 0 Å². The lowest BCUT2D eigenvalue weighted by Crippen LogP contribution is -2.52. The average molecular weight is 380 g/mol. The van der Waals surface area contributed by atoms with E-state index in [0.29, 0.717) is 36.9 Å². The molecule has 2 saturated heterocycles. The average Bonchev–Trinajstić information content (AvgIpc) is 2.93. The molecular formula is C19H29N3O3S. The second-order valence-electron chi connectivity index (χ2n) is 7.59. The van der Waals surface area contributed by atoms with Gasteiger partial charge in [-0.1, -0.05) is 0 Å². The molecule has 7 heteroatoms. The van der Waals surface area contributed by atoms with Gasteiger partial charge in [-0.25, -0.2) is 8.42 Å². The Morgan fingerprint density at radius 1 is 1.08 bits per heavy atom. The highest BCUT2D eigenvalue weighted by Crippen LogP contribution is 2.31. The second-order valence-corrected chi connectivity index (χ2v) is 9.53. The zero-order valence-electron chi connectivity index (χ0n) is 15.8. The molecule has 0 aliphatic carbocycles. The predicted octanol–water partition coefficient (Wildman–Crippen LogP) is 2.67. The molecule has 1 N–H and O–H groups in total. The van der Waals surface area contributed by atoms with Gasteiger partial charge in [0.15, 0.2) is 0 Å². The first-order valence-electron chi connectivity index (χ1n) is 9.44. The standard InChI is InChI=1S/C19H29N3O3S/c1-14-6-7-15(2)22(14)18-5-4-12-21(13-18)26(24,25)19-10-8-17(9-11-19)20-16(3)23/h8-11,14-15,18H,4-7,12-13H2,1-3H3,(H,20,23)/t14-,15-,18-/m0/s1. The number of carbonyl (C=O) groups excluding carboxylic acids is 1. The maximum atomic E-state index is 13.1. The summed E-state index contributed by atoms with van der Waals surface area (Å²) >= 11 is 0. The highest BCUT2D eigenvalue weighted by Gasteiger charge is 2.38. The van der Waals surface area contributed by atoms with Gasteiger partial charge < -0.3 is 5.32 Å². The largest absolute Gasteiger partial charge is 0.326 e. The molecule has 3 atom stereocenters. The molecule has 0 saturated carbocycles. The van der Waals surface area contributed by atoms with Crippen LogP contribution in [0.4, 0.5) is 5.69 Å². The van der Waals surface area contributed by atoms with E-state index in [1.807, 2.05) is 0 Å². The van der Waals surface area contributed by atoms with Gasteiger partial charge in [-0.3, -0.25) is 9.69 Å². The summed E-state index contributed by atoms with van der Waals surface area (Å²) in [7, 11) is -3.51. The van der Waals surface area contributed by atoms with E-state index in [0.717, 1.165) is 12.8 Å². The van der Waals surface area contributed by atoms with Crippen LogP contribution in [-0.4, -0.2) is 54.7 Å². The molecule has 0 aromatic heterocycles. The van der Waals surface area contributed by atoms with Crippen molar-refractivity contribution in [2.24, 2.45) is 0 Å². The van der Waals surface area contributed by atoms with Crippen molar-refractivity contribution in [3.63, 3.8) is 0 Å². The minimum Gasteiger partial charge on any atom is -0.326 e. The summed E-state index contributed by atoms with van der Waals surface area (Å²) in [4.78, 5) is 13.9. The minimum atomic E-state index is -3.51. The van der Waals surface area contributed by atoms with Gasteiger partial charge in [0.2, 0.25) is 15.9 Å². The van der Waals surface area contributed by atoms with Crippen LogP contribution in [-0.2, 0) is 14.8 Å². The van der Waals surface area contributed by atoms with Crippen molar-refractivity contribution in [3.05, 3.63) is 24.3 Å². The SMILES string of the molecule is CC(=O)Nc1ccc(S(=O)(=O)N2CCC[C@H](N3[C@@H](C)CC[C@@H]3C)C2)cc1. The number of hydrogen-bond acceptors (Lipinski definition) is 4. The lowest BCUT2D eigenvalue weighted by Gasteiger charge is -2.41. The summed E-state index contributed by atoms with van der Waals surface area (Å²) in [5.41, 5.74) is 0.604. The van der Waals surface area contributed by atoms with Crippen LogP contribution >= 0.6 is 0 Å². The van der Waals surface area contributed by atoms with E-state index in [-0.39, 0.29) is 10.8 Å². The molecule has 3 rings (SSSR count). The zero-order chi connectivity index (χ0) is 18.9. The Morgan fingerprint density at radius 2 is 1.69 bits per heavy atom. The third kappa shape index (κ3) is 3.94. The molecule has 2 fully saturated rings. The fourth-order valence-electron chi connectivity index (χ4n) is 4.38. The Kier molecular flexibility index (Phi) is 5.69. The highest BCUT2D eigenvalue weighted by molar-refractivity contribution is 7.89. The molecule has 2 heterocycles. The Labute approximate surface area is 156 Å². The van der Waals surface area contributed by atoms with E-state index >= 15 is 0 Å². The molecule has 0 unspecified atom stereocenters. The number of rotatable bonds is 4. The molecular weight excluding hydrogens is 350 g/mol. The van der Waals surface area contributed by atoms with E-state index < -0.39 is 10.0 Å². The summed E-state index contributed by atoms with van der Waals surface area (Å²) in [6.07, 6.45) is 4.33. The Morgan fingerprint density at radius 3 is 2.27 bits per heavy atom. The summed E-state index contributed by atoms with van der Waals surface area (Å²) in [5, 5.41) is 2.66. The van der Waals surface area contributed by atoms with Crippen molar-refractivity contribution in [2.75, 3.05) is 18.4 Å². The van der Waals surface area contributed by atoms with E-state index in [2.05, 4.69) is 24.1 Å². The number of hydrogen-bond donors (Lipinski definition) is 1. The summed E-state index contributed by atoms with van der Waals surface area (Å²) in [6.45, 7) is 7.06. The smallest absolute Gasteiger partial charge is 0.243 e. The Balaban J connectivity index is 1.75. The van der Waals surface area contributed by atoms with Crippen molar-refractivity contribution in [2.45, 2.75) is 69.5 Å². The first kappa shape index (κ1) is 19.3. The van der Waals surface area contributed by atoms with E-state index in [4.69, 9.17) is 0 Å². The Bertz CT molecular complexity index is 738. The van der Waals surface area contributed by atoms with Gasteiger partial charge in [0.05, 0.1) is 4.90 Å². The quantitative estimate of drug-likeness (QED) is 0.873. The van der Waals surface area contributed by atoms with Crippen molar-refractivity contribution in [1.29, 1.82) is 0 Å². The molecule has 144 valence electrons. The van der Waals surface area contributed by atoms with Crippen molar-refractivity contribution < 1.29 is 13.2 Å². The van der Waals surface area contributed by atoms with Gasteiger partial charge in [-0.15, -0.1) is 0 Å². The third-order valence-corrected chi connectivity index (χ3v) is 7.49. The van der Waals surface area contributed by atoms with Gasteiger partial charge in [-0.2, -0.15) is 4.31 Å². The number of amides is 1. The first-order valence-corrected chi connectivity index (χ1v) is 10.9. The van der Waals surface area contributed by atoms with Crippen LogP contribution in [0.15, 0.2) is 29.2 Å². The number of nitrogens with zero attached hydrogens (tertiary/aromatic N) is 2. The lowest BCUT2D eigenvalue weighted by molar-refractivity contribution is -0.114. The van der Waals surface area contributed by atoms with Crippen LogP contribution in [0.2, 0.25) is 0 Å². The molecule has 26 heavy (non-hydrogen) atoms. The molecule has 1 aromatic carbocycles. The van der Waals surface area contributed by atoms with Crippen molar-refractivity contribution in [3.8, 4) is 0 Å². The molecule has 0 spiro atoms. The third-order valence-electron chi connectivity index (χ3n) is 5.61. The maximum absolute atomic E-state index is 13.1. The fourth-order valence-corrected chi connectivity index (χ4v) is 5.90. The second kappa shape index (κ2) is 7.66. The summed E-state index contributed by atoms with van der Waals surface area (Å²) in [5.74, 6) is -0.173. The molecule has 0 bridgehead atoms. The van der Waals surface area contributed by atoms with Crippen LogP contribution in [0, 0.1) is 0 Å². The molecule has 6 nitrogen and oxygen atoms in total. The zero-order valence-corrected chi connectivity index (χ0v) is 16.6. The van der Waals surface area contributed by atoms with Crippen LogP contribution in [0.1, 0.15) is 46.5 Å². The number of sulfonamides is 1. The van der Waals surface area contributed by atoms with Crippen LogP contribution in [0.5, 0.6) is 0 Å². The molecule has 2 aliphatic heterocycles. The van der Waals surface area contributed by atoms with Crippen LogP contribution in [0.3, 0.4) is 0 Å². The van der Waals surface area contributed by atoms with Crippen molar-refractivity contribution >= 4 is 21.6 Å². The first-order chi connectivity index (χ1) is 12.3. The van der Waals surface area contributed by atoms with Gasteiger partial charge >= 0.3 is 0 Å². The molecule has 0 radical (unpaired) electrons. The van der Waals surface area contributed by atoms with Crippen molar-refractivity contribution in [1.82, 2.24) is 9.21 Å². The number of anilines is 1. The normalized spacial score (nSPS) is 28.2. The number of carbonyl (C=O) groups is 1. The lowest BCUT2D eigenvalue weighted by atomic mass is 10.0. The van der Waals surface area contributed by atoms with Gasteiger partial charge in [0.25, 0.3) is 0 Å². The number of likely N-dealkylation sites (tertiary alicyclic amines) is 1. The van der Waals surface area contributed by atoms with Gasteiger partial charge in [-0.05, 0) is 63.8 Å². The van der Waals surface area contributed by atoms with E-state index in [1.165, 1.54) is 19.8 Å². The fraction of sp³-hybridized carbons (Fsp3) is 0.632. The molecule has 2 aliphatic rings.